The quantitative estimate of drug-likeness (QED) is 0.804. The molecule has 0 radical (unpaired) electrons. The third-order valence-corrected chi connectivity index (χ3v) is 3.97. The predicted octanol–water partition coefficient (Wildman–Crippen LogP) is 2.87. The standard InChI is InChI=1S/C16H22N2O2/c1-20-10-15(11-5-6-11)17-13-3-2-4-14(9-13)18-16(19)12-7-8-12/h2-4,9,11-12,15,17H,5-8,10H2,1H3,(H,18,19). The van der Waals surface area contributed by atoms with Crippen LogP contribution in [0, 0.1) is 11.8 Å². The Hall–Kier alpha value is -1.55. The molecular formula is C16H22N2O2. The predicted molar refractivity (Wildman–Crippen MR) is 79.8 cm³/mol. The molecular weight excluding hydrogens is 252 g/mol. The molecule has 0 saturated heterocycles. The van der Waals surface area contributed by atoms with Crippen LogP contribution in [0.2, 0.25) is 0 Å². The molecule has 0 spiro atoms. The fourth-order valence-corrected chi connectivity index (χ4v) is 2.46. The molecule has 2 aliphatic rings. The van der Waals surface area contributed by atoms with Crippen molar-refractivity contribution < 1.29 is 9.53 Å². The molecule has 4 heteroatoms. The van der Waals surface area contributed by atoms with Crippen molar-refractivity contribution in [3.8, 4) is 0 Å². The van der Waals surface area contributed by atoms with Crippen LogP contribution in [0.3, 0.4) is 0 Å². The maximum atomic E-state index is 11.8. The molecule has 108 valence electrons. The average Bonchev–Trinajstić information content (AvgIpc) is 3.31. The molecule has 2 aliphatic carbocycles. The molecule has 1 aromatic carbocycles. The van der Waals surface area contributed by atoms with Crippen LogP contribution in [0.1, 0.15) is 25.7 Å². The van der Waals surface area contributed by atoms with Crippen molar-refractivity contribution in [1.82, 2.24) is 0 Å². The Morgan fingerprint density at radius 1 is 1.30 bits per heavy atom. The molecule has 1 atom stereocenters. The van der Waals surface area contributed by atoms with Gasteiger partial charge in [0.15, 0.2) is 0 Å². The number of amides is 1. The van der Waals surface area contributed by atoms with Gasteiger partial charge in [-0.2, -0.15) is 0 Å². The zero-order valence-electron chi connectivity index (χ0n) is 11.9. The van der Waals surface area contributed by atoms with Crippen LogP contribution >= 0.6 is 0 Å². The van der Waals surface area contributed by atoms with Gasteiger partial charge < -0.3 is 15.4 Å². The summed E-state index contributed by atoms with van der Waals surface area (Å²) in [6, 6.07) is 8.33. The topological polar surface area (TPSA) is 50.4 Å². The molecule has 1 unspecified atom stereocenters. The van der Waals surface area contributed by atoms with Crippen molar-refractivity contribution in [2.45, 2.75) is 31.7 Å². The fourth-order valence-electron chi connectivity index (χ4n) is 2.46. The van der Waals surface area contributed by atoms with Gasteiger partial charge in [0.2, 0.25) is 5.91 Å². The first kappa shape index (κ1) is 13.4. The number of benzene rings is 1. The summed E-state index contributed by atoms with van der Waals surface area (Å²) in [5, 5.41) is 6.51. The Bertz CT molecular complexity index is 481. The number of ether oxygens (including phenoxy) is 1. The van der Waals surface area contributed by atoms with Crippen LogP contribution < -0.4 is 10.6 Å². The monoisotopic (exact) mass is 274 g/mol. The molecule has 0 aliphatic heterocycles. The van der Waals surface area contributed by atoms with Crippen LogP contribution in [0.15, 0.2) is 24.3 Å². The van der Waals surface area contributed by atoms with E-state index in [0.29, 0.717) is 6.04 Å². The van der Waals surface area contributed by atoms with E-state index in [1.165, 1.54) is 12.8 Å². The van der Waals surface area contributed by atoms with Crippen molar-refractivity contribution in [3.63, 3.8) is 0 Å². The summed E-state index contributed by atoms with van der Waals surface area (Å²) in [4.78, 5) is 11.8. The third kappa shape index (κ3) is 3.51. The normalized spacial score (nSPS) is 19.4. The number of rotatable bonds is 7. The van der Waals surface area contributed by atoms with Crippen LogP contribution in [0.4, 0.5) is 11.4 Å². The van der Waals surface area contributed by atoms with E-state index in [0.717, 1.165) is 36.7 Å². The van der Waals surface area contributed by atoms with Crippen LogP contribution in [0.25, 0.3) is 0 Å². The average molecular weight is 274 g/mol. The summed E-state index contributed by atoms with van der Waals surface area (Å²) < 4.78 is 5.28. The highest BCUT2D eigenvalue weighted by Gasteiger charge is 2.31. The van der Waals surface area contributed by atoms with E-state index in [1.807, 2.05) is 24.3 Å². The van der Waals surface area contributed by atoms with E-state index in [9.17, 15) is 4.79 Å². The minimum atomic E-state index is 0.151. The van der Waals surface area contributed by atoms with E-state index in [4.69, 9.17) is 4.74 Å². The van der Waals surface area contributed by atoms with Gasteiger partial charge in [-0.1, -0.05) is 6.07 Å². The van der Waals surface area contributed by atoms with Gasteiger partial charge in [0.25, 0.3) is 0 Å². The smallest absolute Gasteiger partial charge is 0.227 e. The summed E-state index contributed by atoms with van der Waals surface area (Å²) in [6.07, 6.45) is 4.61. The zero-order chi connectivity index (χ0) is 13.9. The molecule has 1 aromatic rings. The lowest BCUT2D eigenvalue weighted by Crippen LogP contribution is -2.27. The number of carbonyl (C=O) groups is 1. The van der Waals surface area contributed by atoms with Crippen molar-refractivity contribution >= 4 is 17.3 Å². The maximum Gasteiger partial charge on any atom is 0.227 e. The van der Waals surface area contributed by atoms with Crippen LogP contribution in [-0.4, -0.2) is 25.7 Å². The summed E-state index contributed by atoms with van der Waals surface area (Å²) in [6.45, 7) is 0.726. The van der Waals surface area contributed by atoms with Crippen molar-refractivity contribution in [3.05, 3.63) is 24.3 Å². The van der Waals surface area contributed by atoms with Gasteiger partial charge in [0, 0.05) is 24.4 Å². The highest BCUT2D eigenvalue weighted by Crippen LogP contribution is 2.35. The Balaban J connectivity index is 1.62. The molecule has 3 rings (SSSR count). The van der Waals surface area contributed by atoms with E-state index >= 15 is 0 Å². The van der Waals surface area contributed by atoms with E-state index < -0.39 is 0 Å². The van der Waals surface area contributed by atoms with Gasteiger partial charge in [-0.15, -0.1) is 0 Å². The molecule has 0 bridgehead atoms. The van der Waals surface area contributed by atoms with E-state index in [2.05, 4.69) is 10.6 Å². The summed E-state index contributed by atoms with van der Waals surface area (Å²) >= 11 is 0. The first-order chi connectivity index (χ1) is 9.76. The maximum absolute atomic E-state index is 11.8. The lowest BCUT2D eigenvalue weighted by molar-refractivity contribution is -0.117. The first-order valence-corrected chi connectivity index (χ1v) is 7.42. The SMILES string of the molecule is COCC(Nc1cccc(NC(=O)C2CC2)c1)C1CC1. The second-order valence-electron chi connectivity index (χ2n) is 5.89. The van der Waals surface area contributed by atoms with E-state index in [-0.39, 0.29) is 11.8 Å². The first-order valence-electron chi connectivity index (χ1n) is 7.42. The lowest BCUT2D eigenvalue weighted by atomic mass is 10.1. The number of hydrogen-bond acceptors (Lipinski definition) is 3. The molecule has 1 amide bonds. The van der Waals surface area contributed by atoms with Crippen molar-refractivity contribution in [1.29, 1.82) is 0 Å². The molecule has 2 saturated carbocycles. The number of hydrogen-bond donors (Lipinski definition) is 2. The zero-order valence-corrected chi connectivity index (χ0v) is 11.9. The Labute approximate surface area is 119 Å². The minimum absolute atomic E-state index is 0.151. The second kappa shape index (κ2) is 5.83. The molecule has 2 fully saturated rings. The number of nitrogens with one attached hydrogen (secondary N) is 2. The second-order valence-corrected chi connectivity index (χ2v) is 5.89. The highest BCUT2D eigenvalue weighted by molar-refractivity contribution is 5.94. The van der Waals surface area contributed by atoms with E-state index in [1.54, 1.807) is 7.11 Å². The minimum Gasteiger partial charge on any atom is -0.383 e. The fraction of sp³-hybridized carbons (Fsp3) is 0.562. The van der Waals surface area contributed by atoms with Gasteiger partial charge in [0.05, 0.1) is 12.6 Å². The number of methoxy groups -OCH3 is 1. The van der Waals surface area contributed by atoms with Gasteiger partial charge in [-0.05, 0) is 49.8 Å². The Morgan fingerprint density at radius 3 is 2.70 bits per heavy atom. The van der Waals surface area contributed by atoms with Gasteiger partial charge in [0.1, 0.15) is 0 Å². The van der Waals surface area contributed by atoms with Crippen LogP contribution in [0.5, 0.6) is 0 Å². The number of carbonyl (C=O) groups excluding carboxylic acids is 1. The lowest BCUT2D eigenvalue weighted by Gasteiger charge is -2.19. The summed E-state index contributed by atoms with van der Waals surface area (Å²) in [5.74, 6) is 1.11. The van der Waals surface area contributed by atoms with Crippen LogP contribution in [-0.2, 0) is 9.53 Å². The molecule has 0 aromatic heterocycles. The molecule has 0 heterocycles. The van der Waals surface area contributed by atoms with Gasteiger partial charge >= 0.3 is 0 Å². The van der Waals surface area contributed by atoms with Crippen molar-refractivity contribution in [2.75, 3.05) is 24.4 Å². The largest absolute Gasteiger partial charge is 0.383 e. The summed E-state index contributed by atoms with van der Waals surface area (Å²) in [5.41, 5.74) is 1.92. The third-order valence-electron chi connectivity index (χ3n) is 3.97. The Morgan fingerprint density at radius 2 is 2.05 bits per heavy atom. The summed E-state index contributed by atoms with van der Waals surface area (Å²) in [7, 11) is 1.74. The molecule has 2 N–H and O–H groups in total. The number of anilines is 2. The van der Waals surface area contributed by atoms with Gasteiger partial charge in [-0.25, -0.2) is 0 Å². The Kier molecular flexibility index (Phi) is 3.92. The highest BCUT2D eigenvalue weighted by atomic mass is 16.5. The van der Waals surface area contributed by atoms with Gasteiger partial charge in [-0.3, -0.25) is 4.79 Å². The van der Waals surface area contributed by atoms with Crippen molar-refractivity contribution in [2.24, 2.45) is 11.8 Å². The molecule has 20 heavy (non-hydrogen) atoms. The molecule has 4 nitrogen and oxygen atoms in total.